The first kappa shape index (κ1) is 12.9. The number of benzene rings is 1. The molecule has 0 amide bonds. The van der Waals surface area contributed by atoms with Gasteiger partial charge in [0, 0.05) is 11.8 Å². The van der Waals surface area contributed by atoms with E-state index in [1.54, 1.807) is 17.8 Å². The van der Waals surface area contributed by atoms with Gasteiger partial charge < -0.3 is 10.3 Å². The molecule has 1 unspecified atom stereocenters. The summed E-state index contributed by atoms with van der Waals surface area (Å²) in [6.07, 6.45) is 5.09. The smallest absolute Gasteiger partial charge is 0.166 e. The van der Waals surface area contributed by atoms with Crippen molar-refractivity contribution in [3.05, 3.63) is 24.0 Å². The molecule has 1 fully saturated rings. The number of rotatable bonds is 4. The molecular formula is C14H18FN3S. The maximum absolute atomic E-state index is 13.1. The number of aromatic amines is 1. The first-order valence-corrected chi connectivity index (χ1v) is 7.81. The highest BCUT2D eigenvalue weighted by atomic mass is 32.2. The highest BCUT2D eigenvalue weighted by Gasteiger charge is 2.12. The Kier molecular flexibility index (Phi) is 4.03. The van der Waals surface area contributed by atoms with Crippen molar-refractivity contribution in [3.63, 3.8) is 0 Å². The average molecular weight is 279 g/mol. The third-order valence-electron chi connectivity index (χ3n) is 3.54. The number of fused-ring (bicyclic) bond motifs is 1. The number of nitrogens with one attached hydrogen (secondary N) is 2. The number of nitrogens with zero attached hydrogens (tertiary/aromatic N) is 1. The summed E-state index contributed by atoms with van der Waals surface area (Å²) in [4.78, 5) is 7.62. The van der Waals surface area contributed by atoms with E-state index < -0.39 is 0 Å². The molecule has 1 saturated heterocycles. The molecule has 3 rings (SSSR count). The molecule has 2 aromatic rings. The minimum atomic E-state index is -0.223. The Balaban J connectivity index is 1.56. The molecule has 1 aliphatic rings. The zero-order valence-electron chi connectivity index (χ0n) is 10.8. The van der Waals surface area contributed by atoms with Gasteiger partial charge in [0.15, 0.2) is 5.16 Å². The van der Waals surface area contributed by atoms with Crippen LogP contribution in [-0.2, 0) is 0 Å². The van der Waals surface area contributed by atoms with Gasteiger partial charge in [0.1, 0.15) is 5.82 Å². The number of halogens is 1. The standard InChI is InChI=1S/C14H18FN3S/c15-10-4-5-12-13(9-10)18-14(17-12)19-8-6-11-3-1-2-7-16-11/h4-5,9,11,16H,1-3,6-8H2,(H,17,18). The van der Waals surface area contributed by atoms with E-state index in [1.165, 1.54) is 31.4 Å². The van der Waals surface area contributed by atoms with Crippen molar-refractivity contribution in [3.8, 4) is 0 Å². The summed E-state index contributed by atoms with van der Waals surface area (Å²) < 4.78 is 13.1. The van der Waals surface area contributed by atoms with Crippen LogP contribution < -0.4 is 5.32 Å². The maximum atomic E-state index is 13.1. The van der Waals surface area contributed by atoms with Gasteiger partial charge in [0.05, 0.1) is 11.0 Å². The number of hydrogen-bond donors (Lipinski definition) is 2. The normalized spacial score (nSPS) is 19.9. The van der Waals surface area contributed by atoms with Crippen LogP contribution in [0.2, 0.25) is 0 Å². The molecule has 5 heteroatoms. The number of hydrogen-bond acceptors (Lipinski definition) is 3. The fourth-order valence-electron chi connectivity index (χ4n) is 2.50. The molecule has 0 spiro atoms. The van der Waals surface area contributed by atoms with Crippen LogP contribution in [0.15, 0.2) is 23.4 Å². The Morgan fingerprint density at radius 1 is 1.37 bits per heavy atom. The second kappa shape index (κ2) is 5.92. The summed E-state index contributed by atoms with van der Waals surface area (Å²) in [7, 11) is 0. The summed E-state index contributed by atoms with van der Waals surface area (Å²) in [5.74, 6) is 0.819. The summed E-state index contributed by atoms with van der Waals surface area (Å²) in [6, 6.07) is 5.31. The van der Waals surface area contributed by atoms with Crippen LogP contribution >= 0.6 is 11.8 Å². The number of aromatic nitrogens is 2. The lowest BCUT2D eigenvalue weighted by Crippen LogP contribution is -2.34. The molecule has 3 nitrogen and oxygen atoms in total. The predicted octanol–water partition coefficient (Wildman–Crippen LogP) is 3.33. The van der Waals surface area contributed by atoms with Crippen molar-refractivity contribution in [1.82, 2.24) is 15.3 Å². The average Bonchev–Trinajstić information content (AvgIpc) is 2.82. The molecule has 1 aromatic heterocycles. The number of imidazole rings is 1. The van der Waals surface area contributed by atoms with Gasteiger partial charge in [-0.15, -0.1) is 0 Å². The lowest BCUT2D eigenvalue weighted by atomic mass is 10.0. The minimum absolute atomic E-state index is 0.223. The fraction of sp³-hybridized carbons (Fsp3) is 0.500. The van der Waals surface area contributed by atoms with Gasteiger partial charge in [-0.2, -0.15) is 0 Å². The molecule has 0 aliphatic carbocycles. The van der Waals surface area contributed by atoms with E-state index in [4.69, 9.17) is 0 Å². The summed E-state index contributed by atoms with van der Waals surface area (Å²) in [5.41, 5.74) is 1.61. The molecule has 1 aromatic carbocycles. The quantitative estimate of drug-likeness (QED) is 0.843. The molecule has 2 heterocycles. The van der Waals surface area contributed by atoms with Gasteiger partial charge in [-0.1, -0.05) is 18.2 Å². The van der Waals surface area contributed by atoms with Gasteiger partial charge in [0.2, 0.25) is 0 Å². The number of piperidine rings is 1. The maximum Gasteiger partial charge on any atom is 0.166 e. The molecule has 0 saturated carbocycles. The van der Waals surface area contributed by atoms with E-state index in [-0.39, 0.29) is 5.82 Å². The van der Waals surface area contributed by atoms with E-state index in [0.717, 1.165) is 34.9 Å². The van der Waals surface area contributed by atoms with E-state index in [1.807, 2.05) is 0 Å². The second-order valence-corrected chi connectivity index (χ2v) is 6.07. The Morgan fingerprint density at radius 2 is 2.32 bits per heavy atom. The first-order chi connectivity index (χ1) is 9.31. The third kappa shape index (κ3) is 3.28. The predicted molar refractivity (Wildman–Crippen MR) is 77.0 cm³/mol. The zero-order valence-corrected chi connectivity index (χ0v) is 11.6. The molecule has 0 radical (unpaired) electrons. The fourth-order valence-corrected chi connectivity index (χ4v) is 3.44. The van der Waals surface area contributed by atoms with Gasteiger partial charge in [-0.05, 0) is 44.0 Å². The van der Waals surface area contributed by atoms with Gasteiger partial charge in [-0.25, -0.2) is 9.37 Å². The number of H-pyrrole nitrogens is 1. The topological polar surface area (TPSA) is 40.7 Å². The highest BCUT2D eigenvalue weighted by molar-refractivity contribution is 7.99. The van der Waals surface area contributed by atoms with E-state index >= 15 is 0 Å². The van der Waals surface area contributed by atoms with Crippen LogP contribution in [0.4, 0.5) is 4.39 Å². The summed E-state index contributed by atoms with van der Waals surface area (Å²) in [5, 5.41) is 4.43. The molecule has 1 atom stereocenters. The minimum Gasteiger partial charge on any atom is -0.333 e. The molecule has 0 bridgehead atoms. The third-order valence-corrected chi connectivity index (χ3v) is 4.45. The lowest BCUT2D eigenvalue weighted by molar-refractivity contribution is 0.394. The molecule has 102 valence electrons. The lowest BCUT2D eigenvalue weighted by Gasteiger charge is -2.22. The Bertz CT molecular complexity index is 549. The SMILES string of the molecule is Fc1ccc2nc(SCCC3CCCCN3)[nH]c2c1. The van der Waals surface area contributed by atoms with Crippen molar-refractivity contribution in [2.75, 3.05) is 12.3 Å². The van der Waals surface area contributed by atoms with Gasteiger partial charge in [0.25, 0.3) is 0 Å². The zero-order chi connectivity index (χ0) is 13.1. The van der Waals surface area contributed by atoms with Crippen molar-refractivity contribution >= 4 is 22.8 Å². The molecule has 19 heavy (non-hydrogen) atoms. The van der Waals surface area contributed by atoms with Crippen LogP contribution in [0.25, 0.3) is 11.0 Å². The second-order valence-electron chi connectivity index (χ2n) is 4.99. The van der Waals surface area contributed by atoms with Crippen LogP contribution in [0, 0.1) is 5.82 Å². The van der Waals surface area contributed by atoms with Gasteiger partial charge in [-0.3, -0.25) is 0 Å². The summed E-state index contributed by atoms with van der Waals surface area (Å²) in [6.45, 7) is 1.15. The Morgan fingerprint density at radius 3 is 3.16 bits per heavy atom. The van der Waals surface area contributed by atoms with E-state index in [9.17, 15) is 4.39 Å². The van der Waals surface area contributed by atoms with Crippen molar-refractivity contribution in [2.24, 2.45) is 0 Å². The van der Waals surface area contributed by atoms with E-state index in [2.05, 4.69) is 15.3 Å². The number of thioether (sulfide) groups is 1. The van der Waals surface area contributed by atoms with Crippen molar-refractivity contribution < 1.29 is 4.39 Å². The highest BCUT2D eigenvalue weighted by Crippen LogP contribution is 2.22. The van der Waals surface area contributed by atoms with Crippen LogP contribution in [0.1, 0.15) is 25.7 Å². The van der Waals surface area contributed by atoms with Crippen LogP contribution in [0.5, 0.6) is 0 Å². The first-order valence-electron chi connectivity index (χ1n) is 6.83. The largest absolute Gasteiger partial charge is 0.333 e. The van der Waals surface area contributed by atoms with Gasteiger partial charge >= 0.3 is 0 Å². The Labute approximate surface area is 116 Å². The van der Waals surface area contributed by atoms with Crippen molar-refractivity contribution in [1.29, 1.82) is 0 Å². The molecule has 1 aliphatic heterocycles. The summed E-state index contributed by atoms with van der Waals surface area (Å²) >= 11 is 1.72. The van der Waals surface area contributed by atoms with Crippen LogP contribution in [-0.4, -0.2) is 28.3 Å². The Hall–Kier alpha value is -1.07. The molecular weight excluding hydrogens is 261 g/mol. The molecule has 2 N–H and O–H groups in total. The monoisotopic (exact) mass is 279 g/mol. The van der Waals surface area contributed by atoms with E-state index in [0.29, 0.717) is 6.04 Å². The van der Waals surface area contributed by atoms with Crippen molar-refractivity contribution in [2.45, 2.75) is 36.9 Å². The van der Waals surface area contributed by atoms with Crippen LogP contribution in [0.3, 0.4) is 0 Å².